The second kappa shape index (κ2) is 7.92. The van der Waals surface area contributed by atoms with Gasteiger partial charge in [-0.3, -0.25) is 4.79 Å². The lowest BCUT2D eigenvalue weighted by Crippen LogP contribution is -2.21. The molecule has 0 spiro atoms. The fourth-order valence-electron chi connectivity index (χ4n) is 2.53. The van der Waals surface area contributed by atoms with Crippen molar-refractivity contribution in [1.29, 1.82) is 0 Å². The SMILES string of the molecule is CC(C)(C)c1cccc(OCC(=O)Nc2cc(Br)ccc2-n2cncn2)c1. The molecule has 2 aromatic carbocycles. The molecule has 1 heterocycles. The van der Waals surface area contributed by atoms with Crippen molar-refractivity contribution in [3.8, 4) is 11.4 Å². The monoisotopic (exact) mass is 428 g/mol. The number of ether oxygens (including phenoxy) is 1. The Balaban J connectivity index is 1.70. The Hall–Kier alpha value is -2.67. The standard InChI is InChI=1S/C20H21BrN4O2/c1-20(2,3)14-5-4-6-16(9-14)27-11-19(26)24-17-10-15(21)7-8-18(17)25-13-22-12-23-25/h4-10,12-13H,11H2,1-3H3,(H,24,26). The van der Waals surface area contributed by atoms with Crippen LogP contribution in [-0.2, 0) is 10.2 Å². The number of benzene rings is 2. The third-order valence-corrected chi connectivity index (χ3v) is 4.46. The Morgan fingerprint density at radius 3 is 2.74 bits per heavy atom. The molecule has 0 atom stereocenters. The van der Waals surface area contributed by atoms with Crippen molar-refractivity contribution >= 4 is 27.5 Å². The summed E-state index contributed by atoms with van der Waals surface area (Å²) in [7, 11) is 0. The minimum atomic E-state index is -0.254. The summed E-state index contributed by atoms with van der Waals surface area (Å²) < 4.78 is 8.12. The number of hydrogen-bond donors (Lipinski definition) is 1. The molecule has 3 rings (SSSR count). The van der Waals surface area contributed by atoms with E-state index in [-0.39, 0.29) is 17.9 Å². The normalized spacial score (nSPS) is 11.3. The van der Waals surface area contributed by atoms with Crippen molar-refractivity contribution in [1.82, 2.24) is 14.8 Å². The average molecular weight is 429 g/mol. The highest BCUT2D eigenvalue weighted by Crippen LogP contribution is 2.26. The van der Waals surface area contributed by atoms with Crippen LogP contribution in [0.15, 0.2) is 59.6 Å². The first-order valence-electron chi connectivity index (χ1n) is 8.51. The maximum atomic E-state index is 12.4. The first kappa shape index (κ1) is 19.1. The van der Waals surface area contributed by atoms with Gasteiger partial charge in [0.1, 0.15) is 18.4 Å². The zero-order chi connectivity index (χ0) is 19.4. The number of rotatable bonds is 5. The molecule has 0 fully saturated rings. The van der Waals surface area contributed by atoms with E-state index in [0.29, 0.717) is 11.4 Å². The molecule has 6 nitrogen and oxygen atoms in total. The summed E-state index contributed by atoms with van der Waals surface area (Å²) in [4.78, 5) is 16.4. The summed E-state index contributed by atoms with van der Waals surface area (Å²) >= 11 is 3.42. The highest BCUT2D eigenvalue weighted by atomic mass is 79.9. The largest absolute Gasteiger partial charge is 0.484 e. The summed E-state index contributed by atoms with van der Waals surface area (Å²) in [5.74, 6) is 0.416. The van der Waals surface area contributed by atoms with Gasteiger partial charge in [-0.15, -0.1) is 0 Å². The molecule has 0 aliphatic carbocycles. The van der Waals surface area contributed by atoms with Crippen LogP contribution in [0.2, 0.25) is 0 Å². The number of nitrogens with one attached hydrogen (secondary N) is 1. The van der Waals surface area contributed by atoms with E-state index < -0.39 is 0 Å². The number of carbonyl (C=O) groups is 1. The van der Waals surface area contributed by atoms with Crippen LogP contribution in [0.5, 0.6) is 5.75 Å². The van der Waals surface area contributed by atoms with Crippen molar-refractivity contribution < 1.29 is 9.53 Å². The van der Waals surface area contributed by atoms with Gasteiger partial charge in [0.25, 0.3) is 5.91 Å². The lowest BCUT2D eigenvalue weighted by atomic mass is 9.87. The predicted octanol–water partition coefficient (Wildman–Crippen LogP) is 4.34. The van der Waals surface area contributed by atoms with Crippen molar-refractivity contribution in [2.45, 2.75) is 26.2 Å². The van der Waals surface area contributed by atoms with E-state index in [9.17, 15) is 4.79 Å². The van der Waals surface area contributed by atoms with Gasteiger partial charge in [0.2, 0.25) is 0 Å². The van der Waals surface area contributed by atoms with Crippen LogP contribution in [0.25, 0.3) is 5.69 Å². The van der Waals surface area contributed by atoms with Gasteiger partial charge in [-0.1, -0.05) is 48.8 Å². The minimum absolute atomic E-state index is 0.0185. The first-order chi connectivity index (χ1) is 12.8. The van der Waals surface area contributed by atoms with E-state index in [2.05, 4.69) is 58.2 Å². The van der Waals surface area contributed by atoms with Crippen LogP contribution < -0.4 is 10.1 Å². The van der Waals surface area contributed by atoms with E-state index in [0.717, 1.165) is 15.7 Å². The van der Waals surface area contributed by atoms with Crippen LogP contribution in [0, 0.1) is 0 Å². The van der Waals surface area contributed by atoms with E-state index in [4.69, 9.17) is 4.74 Å². The Bertz CT molecular complexity index is 933. The molecule has 0 unspecified atom stereocenters. The van der Waals surface area contributed by atoms with Gasteiger partial charge >= 0.3 is 0 Å². The number of amides is 1. The minimum Gasteiger partial charge on any atom is -0.484 e. The highest BCUT2D eigenvalue weighted by molar-refractivity contribution is 9.10. The number of anilines is 1. The smallest absolute Gasteiger partial charge is 0.262 e. The molecule has 0 saturated carbocycles. The number of nitrogens with zero attached hydrogens (tertiary/aromatic N) is 3. The Morgan fingerprint density at radius 1 is 1.22 bits per heavy atom. The Morgan fingerprint density at radius 2 is 2.04 bits per heavy atom. The van der Waals surface area contributed by atoms with Gasteiger partial charge in [-0.05, 0) is 41.3 Å². The maximum Gasteiger partial charge on any atom is 0.262 e. The summed E-state index contributed by atoms with van der Waals surface area (Å²) in [5, 5.41) is 6.99. The lowest BCUT2D eigenvalue weighted by Gasteiger charge is -2.19. The highest BCUT2D eigenvalue weighted by Gasteiger charge is 2.15. The summed E-state index contributed by atoms with van der Waals surface area (Å²) in [5.41, 5.74) is 2.51. The molecule has 7 heteroatoms. The third kappa shape index (κ3) is 4.95. The lowest BCUT2D eigenvalue weighted by molar-refractivity contribution is -0.118. The maximum absolute atomic E-state index is 12.4. The Labute approximate surface area is 166 Å². The number of carbonyl (C=O) groups excluding carboxylic acids is 1. The first-order valence-corrected chi connectivity index (χ1v) is 9.30. The van der Waals surface area contributed by atoms with Gasteiger partial charge < -0.3 is 10.1 Å². The molecule has 1 N–H and O–H groups in total. The van der Waals surface area contributed by atoms with Gasteiger partial charge in [0.15, 0.2) is 6.61 Å². The predicted molar refractivity (Wildman–Crippen MR) is 108 cm³/mol. The molecule has 3 aromatic rings. The van der Waals surface area contributed by atoms with Crippen LogP contribution in [0.4, 0.5) is 5.69 Å². The molecule has 0 aliphatic rings. The average Bonchev–Trinajstić information content (AvgIpc) is 3.14. The second-order valence-corrected chi connectivity index (χ2v) is 8.03. The van der Waals surface area contributed by atoms with E-state index >= 15 is 0 Å². The molecule has 0 bridgehead atoms. The topological polar surface area (TPSA) is 69.0 Å². The quantitative estimate of drug-likeness (QED) is 0.655. The summed E-state index contributed by atoms with van der Waals surface area (Å²) in [6.45, 7) is 6.32. The molecule has 1 aromatic heterocycles. The third-order valence-electron chi connectivity index (χ3n) is 3.97. The molecule has 0 radical (unpaired) electrons. The second-order valence-electron chi connectivity index (χ2n) is 7.12. The number of halogens is 1. The van der Waals surface area contributed by atoms with Gasteiger partial charge in [-0.25, -0.2) is 9.67 Å². The molecular formula is C20H21BrN4O2. The van der Waals surface area contributed by atoms with Gasteiger partial charge in [0, 0.05) is 4.47 Å². The fourth-order valence-corrected chi connectivity index (χ4v) is 2.89. The molecule has 1 amide bonds. The van der Waals surface area contributed by atoms with Gasteiger partial charge in [-0.2, -0.15) is 5.10 Å². The molecular weight excluding hydrogens is 408 g/mol. The van der Waals surface area contributed by atoms with Crippen molar-refractivity contribution in [3.05, 3.63) is 65.2 Å². The zero-order valence-corrected chi connectivity index (χ0v) is 17.0. The molecule has 27 heavy (non-hydrogen) atoms. The summed E-state index contributed by atoms with van der Waals surface area (Å²) in [6, 6.07) is 13.3. The van der Waals surface area contributed by atoms with E-state index in [1.807, 2.05) is 36.4 Å². The van der Waals surface area contributed by atoms with Crippen LogP contribution in [0.3, 0.4) is 0 Å². The number of aromatic nitrogens is 3. The van der Waals surface area contributed by atoms with Crippen LogP contribution in [0.1, 0.15) is 26.3 Å². The van der Waals surface area contributed by atoms with Crippen molar-refractivity contribution in [3.63, 3.8) is 0 Å². The fraction of sp³-hybridized carbons (Fsp3) is 0.250. The van der Waals surface area contributed by atoms with E-state index in [1.165, 1.54) is 6.33 Å². The molecule has 0 aliphatic heterocycles. The van der Waals surface area contributed by atoms with E-state index in [1.54, 1.807) is 11.0 Å². The Kier molecular flexibility index (Phi) is 5.60. The molecule has 0 saturated heterocycles. The summed E-state index contributed by atoms with van der Waals surface area (Å²) in [6.07, 6.45) is 3.02. The van der Waals surface area contributed by atoms with Gasteiger partial charge in [0.05, 0.1) is 11.4 Å². The van der Waals surface area contributed by atoms with Crippen molar-refractivity contribution in [2.75, 3.05) is 11.9 Å². The number of hydrogen-bond acceptors (Lipinski definition) is 4. The van der Waals surface area contributed by atoms with Crippen molar-refractivity contribution in [2.24, 2.45) is 0 Å². The van der Waals surface area contributed by atoms with Crippen LogP contribution in [-0.4, -0.2) is 27.3 Å². The van der Waals surface area contributed by atoms with Crippen LogP contribution >= 0.6 is 15.9 Å². The zero-order valence-electron chi connectivity index (χ0n) is 15.4. The molecule has 140 valence electrons.